The SMILES string of the molecule is O=C(NC1CCCC1)c1cc(-c2cccs2)[nH]n1. The first kappa shape index (κ1) is 11.5. The fraction of sp³-hybridized carbons (Fsp3) is 0.385. The second-order valence-electron chi connectivity index (χ2n) is 4.60. The first-order chi connectivity index (χ1) is 8.83. The van der Waals surface area contributed by atoms with E-state index in [0.717, 1.165) is 23.4 Å². The molecule has 0 bridgehead atoms. The molecule has 0 spiro atoms. The molecule has 1 amide bonds. The maximum absolute atomic E-state index is 12.0. The van der Waals surface area contributed by atoms with E-state index in [1.165, 1.54) is 12.8 Å². The second kappa shape index (κ2) is 4.94. The topological polar surface area (TPSA) is 57.8 Å². The highest BCUT2D eigenvalue weighted by molar-refractivity contribution is 7.13. The van der Waals surface area contributed by atoms with Crippen molar-refractivity contribution in [2.75, 3.05) is 0 Å². The van der Waals surface area contributed by atoms with E-state index in [1.807, 2.05) is 23.6 Å². The van der Waals surface area contributed by atoms with Gasteiger partial charge in [0.05, 0.1) is 10.6 Å². The molecule has 2 aromatic heterocycles. The predicted octanol–water partition coefficient (Wildman–Crippen LogP) is 2.81. The number of aromatic amines is 1. The van der Waals surface area contributed by atoms with Gasteiger partial charge in [-0.1, -0.05) is 18.9 Å². The molecule has 1 aliphatic carbocycles. The van der Waals surface area contributed by atoms with E-state index in [1.54, 1.807) is 11.3 Å². The number of carbonyl (C=O) groups is 1. The van der Waals surface area contributed by atoms with Crippen molar-refractivity contribution in [2.24, 2.45) is 0 Å². The summed E-state index contributed by atoms with van der Waals surface area (Å²) < 4.78 is 0. The standard InChI is InChI=1S/C13H15N3OS/c17-13(14-9-4-1-2-5-9)11-8-10(15-16-11)12-6-3-7-18-12/h3,6-9H,1-2,4-5H2,(H,14,17)(H,15,16). The maximum Gasteiger partial charge on any atom is 0.272 e. The normalized spacial score (nSPS) is 16.0. The fourth-order valence-corrected chi connectivity index (χ4v) is 3.02. The first-order valence-electron chi connectivity index (χ1n) is 6.23. The second-order valence-corrected chi connectivity index (χ2v) is 5.55. The summed E-state index contributed by atoms with van der Waals surface area (Å²) in [6.07, 6.45) is 4.61. The van der Waals surface area contributed by atoms with Crippen molar-refractivity contribution in [3.8, 4) is 10.6 Å². The number of thiophene rings is 1. The minimum atomic E-state index is -0.0686. The zero-order valence-electron chi connectivity index (χ0n) is 9.98. The quantitative estimate of drug-likeness (QED) is 0.892. The highest BCUT2D eigenvalue weighted by Gasteiger charge is 2.19. The number of rotatable bonds is 3. The van der Waals surface area contributed by atoms with Crippen molar-refractivity contribution >= 4 is 17.2 Å². The van der Waals surface area contributed by atoms with Crippen molar-refractivity contribution in [3.05, 3.63) is 29.3 Å². The Morgan fingerprint density at radius 1 is 1.44 bits per heavy atom. The van der Waals surface area contributed by atoms with Crippen LogP contribution in [0.5, 0.6) is 0 Å². The monoisotopic (exact) mass is 261 g/mol. The highest BCUT2D eigenvalue weighted by atomic mass is 32.1. The van der Waals surface area contributed by atoms with Crippen LogP contribution in [0.1, 0.15) is 36.2 Å². The summed E-state index contributed by atoms with van der Waals surface area (Å²) in [7, 11) is 0. The summed E-state index contributed by atoms with van der Waals surface area (Å²) in [4.78, 5) is 13.1. The van der Waals surface area contributed by atoms with E-state index >= 15 is 0 Å². The summed E-state index contributed by atoms with van der Waals surface area (Å²) >= 11 is 1.63. The number of nitrogens with zero attached hydrogens (tertiary/aromatic N) is 1. The molecule has 0 atom stereocenters. The number of amides is 1. The third-order valence-electron chi connectivity index (χ3n) is 3.29. The number of hydrogen-bond acceptors (Lipinski definition) is 3. The van der Waals surface area contributed by atoms with Crippen LogP contribution in [0, 0.1) is 0 Å². The van der Waals surface area contributed by atoms with Gasteiger partial charge in [-0.15, -0.1) is 11.3 Å². The Balaban J connectivity index is 1.70. The van der Waals surface area contributed by atoms with Crippen LogP contribution in [-0.2, 0) is 0 Å². The van der Waals surface area contributed by atoms with Crippen molar-refractivity contribution in [3.63, 3.8) is 0 Å². The van der Waals surface area contributed by atoms with Gasteiger partial charge < -0.3 is 5.32 Å². The summed E-state index contributed by atoms with van der Waals surface area (Å²) in [5.74, 6) is -0.0686. The van der Waals surface area contributed by atoms with Gasteiger partial charge in [0.15, 0.2) is 5.69 Å². The molecule has 0 aromatic carbocycles. The predicted molar refractivity (Wildman–Crippen MR) is 71.6 cm³/mol. The maximum atomic E-state index is 12.0. The molecule has 3 rings (SSSR count). The zero-order valence-corrected chi connectivity index (χ0v) is 10.8. The molecule has 1 fully saturated rings. The van der Waals surface area contributed by atoms with Crippen LogP contribution in [0.15, 0.2) is 23.6 Å². The minimum Gasteiger partial charge on any atom is -0.348 e. The summed E-state index contributed by atoms with van der Waals surface area (Å²) in [6, 6.07) is 6.14. The number of hydrogen-bond donors (Lipinski definition) is 2. The average Bonchev–Trinajstić information content (AvgIpc) is 3.11. The van der Waals surface area contributed by atoms with Gasteiger partial charge in [-0.25, -0.2) is 0 Å². The molecular weight excluding hydrogens is 246 g/mol. The molecule has 94 valence electrons. The molecule has 18 heavy (non-hydrogen) atoms. The van der Waals surface area contributed by atoms with E-state index in [4.69, 9.17) is 0 Å². The van der Waals surface area contributed by atoms with Gasteiger partial charge in [0, 0.05) is 6.04 Å². The molecule has 2 N–H and O–H groups in total. The van der Waals surface area contributed by atoms with Crippen LogP contribution in [0.25, 0.3) is 10.6 Å². The Labute approximate surface area is 109 Å². The molecule has 4 nitrogen and oxygen atoms in total. The summed E-state index contributed by atoms with van der Waals surface area (Å²) in [6.45, 7) is 0. The molecule has 1 saturated carbocycles. The number of aromatic nitrogens is 2. The van der Waals surface area contributed by atoms with Crippen molar-refractivity contribution in [2.45, 2.75) is 31.7 Å². The van der Waals surface area contributed by atoms with E-state index in [9.17, 15) is 4.79 Å². The third-order valence-corrected chi connectivity index (χ3v) is 4.19. The Kier molecular flexibility index (Phi) is 3.15. The van der Waals surface area contributed by atoms with Gasteiger partial charge in [0.1, 0.15) is 0 Å². The van der Waals surface area contributed by atoms with E-state index < -0.39 is 0 Å². The molecule has 2 heterocycles. The molecule has 1 aliphatic rings. The van der Waals surface area contributed by atoms with Crippen molar-refractivity contribution in [1.29, 1.82) is 0 Å². The average molecular weight is 261 g/mol. The van der Waals surface area contributed by atoms with Gasteiger partial charge in [0.25, 0.3) is 5.91 Å². The van der Waals surface area contributed by atoms with E-state index in [2.05, 4.69) is 15.5 Å². The fourth-order valence-electron chi connectivity index (χ4n) is 2.33. The first-order valence-corrected chi connectivity index (χ1v) is 7.11. The Morgan fingerprint density at radius 3 is 3.00 bits per heavy atom. The van der Waals surface area contributed by atoms with Crippen LogP contribution in [0.2, 0.25) is 0 Å². The van der Waals surface area contributed by atoms with Crippen LogP contribution in [0.4, 0.5) is 0 Å². The van der Waals surface area contributed by atoms with Crippen molar-refractivity contribution in [1.82, 2.24) is 15.5 Å². The van der Waals surface area contributed by atoms with Gasteiger partial charge >= 0.3 is 0 Å². The summed E-state index contributed by atoms with van der Waals surface area (Å²) in [5, 5.41) is 12.0. The molecule has 0 unspecified atom stereocenters. The van der Waals surface area contributed by atoms with E-state index in [-0.39, 0.29) is 5.91 Å². The lowest BCUT2D eigenvalue weighted by Crippen LogP contribution is -2.32. The van der Waals surface area contributed by atoms with Gasteiger partial charge in [-0.3, -0.25) is 9.89 Å². The number of nitrogens with one attached hydrogen (secondary N) is 2. The smallest absolute Gasteiger partial charge is 0.272 e. The van der Waals surface area contributed by atoms with Crippen molar-refractivity contribution < 1.29 is 4.79 Å². The van der Waals surface area contributed by atoms with Crippen LogP contribution < -0.4 is 5.32 Å². The number of H-pyrrole nitrogens is 1. The lowest BCUT2D eigenvalue weighted by atomic mass is 10.2. The summed E-state index contributed by atoms with van der Waals surface area (Å²) in [5.41, 5.74) is 1.38. The molecule has 0 radical (unpaired) electrons. The Bertz CT molecular complexity index is 526. The molecule has 0 saturated heterocycles. The van der Waals surface area contributed by atoms with Gasteiger partial charge in [-0.2, -0.15) is 5.10 Å². The van der Waals surface area contributed by atoms with E-state index in [0.29, 0.717) is 11.7 Å². The minimum absolute atomic E-state index is 0.0686. The Hall–Kier alpha value is -1.62. The number of carbonyl (C=O) groups excluding carboxylic acids is 1. The highest BCUT2D eigenvalue weighted by Crippen LogP contribution is 2.23. The molecule has 5 heteroatoms. The van der Waals surface area contributed by atoms with Crippen LogP contribution in [-0.4, -0.2) is 22.1 Å². The van der Waals surface area contributed by atoms with Gasteiger partial charge in [0.2, 0.25) is 0 Å². The molecule has 0 aliphatic heterocycles. The molecular formula is C13H15N3OS. The van der Waals surface area contributed by atoms with Gasteiger partial charge in [-0.05, 0) is 30.4 Å². The zero-order chi connectivity index (χ0) is 12.4. The lowest BCUT2D eigenvalue weighted by molar-refractivity contribution is 0.0933. The van der Waals surface area contributed by atoms with Crippen LogP contribution >= 0.6 is 11.3 Å². The molecule has 2 aromatic rings. The van der Waals surface area contributed by atoms with Crippen LogP contribution in [0.3, 0.4) is 0 Å². The lowest BCUT2D eigenvalue weighted by Gasteiger charge is -2.09. The third kappa shape index (κ3) is 2.31. The largest absolute Gasteiger partial charge is 0.348 e. The Morgan fingerprint density at radius 2 is 2.28 bits per heavy atom.